The average Bonchev–Trinajstić information content (AvgIpc) is 2.45. The highest BCUT2D eigenvalue weighted by molar-refractivity contribution is 9.10. The van der Waals surface area contributed by atoms with Crippen molar-refractivity contribution >= 4 is 27.8 Å². The Kier molecular flexibility index (Phi) is 4.85. The molecule has 2 aromatic carbocycles. The minimum absolute atomic E-state index is 0.552. The maximum absolute atomic E-state index is 13.5. The summed E-state index contributed by atoms with van der Waals surface area (Å²) in [5, 5.41) is 0. The van der Waals surface area contributed by atoms with Gasteiger partial charge in [-0.3, -0.25) is 4.79 Å². The number of carbonyl (C=O) groups is 1. The Bertz CT molecular complexity index is 691. The maximum atomic E-state index is 13.5. The summed E-state index contributed by atoms with van der Waals surface area (Å²) in [4.78, 5) is 11.9. The Labute approximate surface area is 129 Å². The van der Waals surface area contributed by atoms with Gasteiger partial charge in [-0.15, -0.1) is 0 Å². The Hall–Kier alpha value is -2.01. The van der Waals surface area contributed by atoms with E-state index in [0.29, 0.717) is 11.3 Å². The second-order valence-corrected chi connectivity index (χ2v) is 5.10. The minimum atomic E-state index is -0.883. The van der Waals surface area contributed by atoms with Crippen LogP contribution in [0.4, 0.5) is 8.78 Å². The molecule has 0 aliphatic heterocycles. The number of hydrogen-bond acceptors (Lipinski definition) is 2. The largest absolute Gasteiger partial charge is 0.496 e. The van der Waals surface area contributed by atoms with E-state index in [2.05, 4.69) is 15.9 Å². The predicted molar refractivity (Wildman–Crippen MR) is 80.4 cm³/mol. The fourth-order valence-corrected chi connectivity index (χ4v) is 2.20. The van der Waals surface area contributed by atoms with Crippen LogP contribution in [0.25, 0.3) is 6.08 Å². The van der Waals surface area contributed by atoms with E-state index < -0.39 is 23.0 Å². The lowest BCUT2D eigenvalue weighted by Gasteiger charge is -2.05. The number of ketones is 1. The van der Waals surface area contributed by atoms with Crippen LogP contribution in [0.15, 0.2) is 46.9 Å². The van der Waals surface area contributed by atoms with Crippen LogP contribution in [-0.2, 0) is 0 Å². The SMILES string of the molecule is COc1ccc(Br)cc1/C=C/C(=O)c1c(F)cccc1F. The van der Waals surface area contributed by atoms with Crippen molar-refractivity contribution in [3.63, 3.8) is 0 Å². The van der Waals surface area contributed by atoms with Crippen LogP contribution in [-0.4, -0.2) is 12.9 Å². The standard InChI is InChI=1S/C16H11BrF2O2/c1-21-15-8-6-11(17)9-10(15)5-7-14(20)16-12(18)3-2-4-13(16)19/h2-9H,1H3/b7-5+. The van der Waals surface area contributed by atoms with Crippen molar-refractivity contribution in [1.29, 1.82) is 0 Å². The Morgan fingerprint density at radius 2 is 1.86 bits per heavy atom. The van der Waals surface area contributed by atoms with E-state index in [9.17, 15) is 13.6 Å². The molecule has 0 aromatic heterocycles. The predicted octanol–water partition coefficient (Wildman–Crippen LogP) is 4.63. The summed E-state index contributed by atoms with van der Waals surface area (Å²) in [6.07, 6.45) is 2.57. The molecule has 0 bridgehead atoms. The number of hydrogen-bond donors (Lipinski definition) is 0. The van der Waals surface area contributed by atoms with Crippen molar-refractivity contribution in [2.45, 2.75) is 0 Å². The summed E-state index contributed by atoms with van der Waals surface area (Å²) in [5.74, 6) is -1.96. The summed E-state index contributed by atoms with van der Waals surface area (Å²) in [5.41, 5.74) is 0.0553. The van der Waals surface area contributed by atoms with Crippen LogP contribution in [0.3, 0.4) is 0 Å². The molecule has 21 heavy (non-hydrogen) atoms. The molecule has 0 spiro atoms. The highest BCUT2D eigenvalue weighted by atomic mass is 79.9. The van der Waals surface area contributed by atoms with E-state index in [1.54, 1.807) is 18.2 Å². The zero-order valence-corrected chi connectivity index (χ0v) is 12.7. The molecule has 0 aliphatic rings. The van der Waals surface area contributed by atoms with E-state index in [1.807, 2.05) is 0 Å². The number of benzene rings is 2. The van der Waals surface area contributed by atoms with Gasteiger partial charge < -0.3 is 4.74 Å². The molecular formula is C16H11BrF2O2. The smallest absolute Gasteiger partial charge is 0.191 e. The van der Waals surface area contributed by atoms with Gasteiger partial charge in [-0.2, -0.15) is 0 Å². The van der Waals surface area contributed by atoms with Gasteiger partial charge in [0.1, 0.15) is 17.4 Å². The van der Waals surface area contributed by atoms with Crippen LogP contribution in [0.5, 0.6) is 5.75 Å². The summed E-state index contributed by atoms with van der Waals surface area (Å²) >= 11 is 3.31. The lowest BCUT2D eigenvalue weighted by molar-refractivity contribution is 0.104. The topological polar surface area (TPSA) is 26.3 Å². The van der Waals surface area contributed by atoms with E-state index in [-0.39, 0.29) is 0 Å². The van der Waals surface area contributed by atoms with Crippen molar-refractivity contribution in [2.24, 2.45) is 0 Å². The molecule has 0 heterocycles. The molecular weight excluding hydrogens is 342 g/mol. The fourth-order valence-electron chi connectivity index (χ4n) is 1.82. The quantitative estimate of drug-likeness (QED) is 0.592. The average molecular weight is 353 g/mol. The van der Waals surface area contributed by atoms with Crippen LogP contribution in [0.2, 0.25) is 0 Å². The highest BCUT2D eigenvalue weighted by Gasteiger charge is 2.14. The molecule has 0 radical (unpaired) electrons. The molecule has 0 atom stereocenters. The van der Waals surface area contributed by atoms with Crippen LogP contribution in [0.1, 0.15) is 15.9 Å². The van der Waals surface area contributed by atoms with Gasteiger partial charge in [-0.05, 0) is 42.5 Å². The number of allylic oxidation sites excluding steroid dienone is 1. The van der Waals surface area contributed by atoms with Crippen LogP contribution >= 0.6 is 15.9 Å². The van der Waals surface area contributed by atoms with Crippen molar-refractivity contribution < 1.29 is 18.3 Å². The number of carbonyl (C=O) groups excluding carboxylic acids is 1. The highest BCUT2D eigenvalue weighted by Crippen LogP contribution is 2.24. The van der Waals surface area contributed by atoms with Crippen molar-refractivity contribution in [2.75, 3.05) is 7.11 Å². The zero-order chi connectivity index (χ0) is 15.4. The third-order valence-corrected chi connectivity index (χ3v) is 3.31. The summed E-state index contributed by atoms with van der Waals surface area (Å²) in [6.45, 7) is 0. The number of halogens is 3. The van der Waals surface area contributed by atoms with E-state index in [4.69, 9.17) is 4.74 Å². The van der Waals surface area contributed by atoms with Gasteiger partial charge in [0.15, 0.2) is 5.78 Å². The third-order valence-electron chi connectivity index (χ3n) is 2.82. The van der Waals surface area contributed by atoms with Crippen molar-refractivity contribution in [1.82, 2.24) is 0 Å². The van der Waals surface area contributed by atoms with Crippen LogP contribution < -0.4 is 4.74 Å². The molecule has 0 aliphatic carbocycles. The zero-order valence-electron chi connectivity index (χ0n) is 11.1. The van der Waals surface area contributed by atoms with Gasteiger partial charge in [-0.25, -0.2) is 8.78 Å². The molecule has 0 fully saturated rings. The third kappa shape index (κ3) is 3.55. The maximum Gasteiger partial charge on any atom is 0.191 e. The first-order valence-corrected chi connectivity index (χ1v) is 6.82. The second kappa shape index (κ2) is 6.63. The molecule has 0 saturated heterocycles. The van der Waals surface area contributed by atoms with Crippen molar-refractivity contribution in [3.05, 3.63) is 69.7 Å². The van der Waals surface area contributed by atoms with Gasteiger partial charge in [-0.1, -0.05) is 22.0 Å². The fraction of sp³-hybridized carbons (Fsp3) is 0.0625. The summed E-state index contributed by atoms with van der Waals surface area (Å²) in [7, 11) is 1.50. The lowest BCUT2D eigenvalue weighted by Crippen LogP contribution is -2.02. The van der Waals surface area contributed by atoms with Gasteiger partial charge in [0.25, 0.3) is 0 Å². The Balaban J connectivity index is 2.33. The molecule has 2 nitrogen and oxygen atoms in total. The Morgan fingerprint density at radius 3 is 2.48 bits per heavy atom. The summed E-state index contributed by atoms with van der Waals surface area (Å²) in [6, 6.07) is 8.54. The second-order valence-electron chi connectivity index (χ2n) is 4.18. The molecule has 5 heteroatoms. The number of rotatable bonds is 4. The molecule has 0 N–H and O–H groups in total. The molecule has 2 rings (SSSR count). The first-order valence-electron chi connectivity index (χ1n) is 6.03. The van der Waals surface area contributed by atoms with E-state index in [1.165, 1.54) is 19.3 Å². The first-order chi connectivity index (χ1) is 10.0. The number of methoxy groups -OCH3 is 1. The van der Waals surface area contributed by atoms with Crippen LogP contribution in [0, 0.1) is 11.6 Å². The van der Waals surface area contributed by atoms with Gasteiger partial charge in [0, 0.05) is 10.0 Å². The Morgan fingerprint density at radius 1 is 1.19 bits per heavy atom. The molecule has 0 unspecified atom stereocenters. The number of ether oxygens (including phenoxy) is 1. The molecule has 0 saturated carbocycles. The van der Waals surface area contributed by atoms with Gasteiger partial charge in [0.2, 0.25) is 0 Å². The lowest BCUT2D eigenvalue weighted by atomic mass is 10.1. The molecule has 2 aromatic rings. The molecule has 0 amide bonds. The summed E-state index contributed by atoms with van der Waals surface area (Å²) < 4.78 is 33.0. The molecule has 108 valence electrons. The first kappa shape index (κ1) is 15.4. The van der Waals surface area contributed by atoms with Gasteiger partial charge in [0.05, 0.1) is 12.7 Å². The van der Waals surface area contributed by atoms with E-state index in [0.717, 1.165) is 22.7 Å². The van der Waals surface area contributed by atoms with Gasteiger partial charge >= 0.3 is 0 Å². The minimum Gasteiger partial charge on any atom is -0.496 e. The van der Waals surface area contributed by atoms with Crippen molar-refractivity contribution in [3.8, 4) is 5.75 Å². The normalized spacial score (nSPS) is 10.9. The monoisotopic (exact) mass is 352 g/mol. The van der Waals surface area contributed by atoms with E-state index >= 15 is 0 Å².